The molecule has 0 aromatic carbocycles. The fourth-order valence-electron chi connectivity index (χ4n) is 4.64. The van der Waals surface area contributed by atoms with Gasteiger partial charge in [0.1, 0.15) is 23.1 Å². The number of hydrogen-bond acceptors (Lipinski definition) is 7. The van der Waals surface area contributed by atoms with E-state index in [9.17, 15) is 10.1 Å². The lowest BCUT2D eigenvalue weighted by Crippen LogP contribution is -2.28. The molecule has 2 fully saturated rings. The molecule has 4 heterocycles. The predicted octanol–water partition coefficient (Wildman–Crippen LogP) is 2.43. The zero-order valence-corrected chi connectivity index (χ0v) is 16.8. The van der Waals surface area contributed by atoms with Crippen LogP contribution in [0, 0.1) is 17.2 Å². The van der Waals surface area contributed by atoms with E-state index in [0.717, 1.165) is 44.7 Å². The lowest BCUT2D eigenvalue weighted by atomic mass is 9.72. The van der Waals surface area contributed by atoms with E-state index in [0.29, 0.717) is 17.4 Å². The number of aromatic nitrogens is 6. The van der Waals surface area contributed by atoms with Gasteiger partial charge in [-0.15, -0.1) is 0 Å². The maximum Gasteiger partial charge on any atom is 0.263 e. The molecular weight excluding hydrogens is 382 g/mol. The minimum atomic E-state index is -0.309. The Bertz CT molecular complexity index is 1160. The van der Waals surface area contributed by atoms with Crippen LogP contribution in [0.4, 0.5) is 0 Å². The lowest BCUT2D eigenvalue weighted by molar-refractivity contribution is 0.0501. The lowest BCUT2D eigenvalue weighted by Gasteiger charge is -2.34. The fraction of sp³-hybridized carbons (Fsp3) is 0.524. The highest BCUT2D eigenvalue weighted by atomic mass is 16.5. The third kappa shape index (κ3) is 3.08. The fourth-order valence-corrected chi connectivity index (χ4v) is 4.64. The summed E-state index contributed by atoms with van der Waals surface area (Å²) in [6.07, 6.45) is 7.19. The Hall–Kier alpha value is -3.12. The van der Waals surface area contributed by atoms with Gasteiger partial charge in [0.25, 0.3) is 5.56 Å². The predicted molar refractivity (Wildman–Crippen MR) is 108 cm³/mol. The maximum atomic E-state index is 12.9. The van der Waals surface area contributed by atoms with E-state index in [2.05, 4.69) is 33.0 Å². The highest BCUT2D eigenvalue weighted by Crippen LogP contribution is 2.46. The zero-order valence-electron chi connectivity index (χ0n) is 16.8. The van der Waals surface area contributed by atoms with E-state index in [4.69, 9.17) is 9.72 Å². The number of nitriles is 1. The number of fused-ring (bicyclic) bond motifs is 1. The second kappa shape index (κ2) is 7.61. The molecule has 1 aliphatic carbocycles. The summed E-state index contributed by atoms with van der Waals surface area (Å²) in [4.78, 5) is 29.4. The Balaban J connectivity index is 1.57. The molecule has 1 aliphatic heterocycles. The van der Waals surface area contributed by atoms with Crippen molar-refractivity contribution in [1.82, 2.24) is 29.7 Å². The standard InChI is InChI=1S/C21H23N7O2/c1-12(13-5-9-30-10-6-13)28-20-17(16(11-22)27-28)21(29)26-19(25-20)15-4-3-14(15)18-23-7-2-8-24-18/h2,7-8,12-15H,3-6,9-10H2,1H3,(H,25,26,29)/t12-,14-,15-/m0/s1. The molecule has 3 aromatic heterocycles. The number of hydrogen-bond donors (Lipinski definition) is 1. The average molecular weight is 405 g/mol. The molecule has 1 saturated heterocycles. The van der Waals surface area contributed by atoms with Crippen molar-refractivity contribution < 1.29 is 4.74 Å². The molecule has 9 nitrogen and oxygen atoms in total. The first kappa shape index (κ1) is 18.9. The second-order valence-corrected chi connectivity index (χ2v) is 8.14. The van der Waals surface area contributed by atoms with E-state index in [1.165, 1.54) is 0 Å². The first-order chi connectivity index (χ1) is 14.7. The average Bonchev–Trinajstić information content (AvgIpc) is 3.13. The Morgan fingerprint density at radius 1 is 1.20 bits per heavy atom. The van der Waals surface area contributed by atoms with Crippen LogP contribution in [0.5, 0.6) is 0 Å². The second-order valence-electron chi connectivity index (χ2n) is 8.14. The molecule has 0 bridgehead atoms. The van der Waals surface area contributed by atoms with Crippen molar-refractivity contribution in [2.75, 3.05) is 13.2 Å². The van der Waals surface area contributed by atoms with Gasteiger partial charge in [-0.2, -0.15) is 10.4 Å². The van der Waals surface area contributed by atoms with Crippen LogP contribution >= 0.6 is 0 Å². The monoisotopic (exact) mass is 405 g/mol. The molecule has 0 amide bonds. The van der Waals surface area contributed by atoms with Crippen molar-refractivity contribution >= 4 is 11.0 Å². The van der Waals surface area contributed by atoms with Crippen LogP contribution in [-0.2, 0) is 4.74 Å². The van der Waals surface area contributed by atoms with Gasteiger partial charge in [0.05, 0.1) is 6.04 Å². The summed E-state index contributed by atoms with van der Waals surface area (Å²) in [5.74, 6) is 1.95. The van der Waals surface area contributed by atoms with Gasteiger partial charge in [0.15, 0.2) is 11.3 Å². The Morgan fingerprint density at radius 3 is 2.60 bits per heavy atom. The third-order valence-electron chi connectivity index (χ3n) is 6.56. The molecule has 154 valence electrons. The summed E-state index contributed by atoms with van der Waals surface area (Å²) in [6, 6.07) is 3.88. The van der Waals surface area contributed by atoms with Gasteiger partial charge in [0.2, 0.25) is 0 Å². The molecule has 9 heteroatoms. The van der Waals surface area contributed by atoms with Gasteiger partial charge in [-0.25, -0.2) is 19.6 Å². The molecule has 30 heavy (non-hydrogen) atoms. The van der Waals surface area contributed by atoms with Gasteiger partial charge in [-0.3, -0.25) is 4.79 Å². The van der Waals surface area contributed by atoms with Crippen LogP contribution in [0.3, 0.4) is 0 Å². The maximum absolute atomic E-state index is 12.9. The number of H-pyrrole nitrogens is 1. The van der Waals surface area contributed by atoms with Crippen molar-refractivity contribution in [1.29, 1.82) is 5.26 Å². The highest BCUT2D eigenvalue weighted by Gasteiger charge is 2.38. The van der Waals surface area contributed by atoms with Crippen molar-refractivity contribution in [3.63, 3.8) is 0 Å². The Morgan fingerprint density at radius 2 is 1.93 bits per heavy atom. The van der Waals surface area contributed by atoms with Crippen LogP contribution in [0.25, 0.3) is 11.0 Å². The van der Waals surface area contributed by atoms with Crippen LogP contribution in [-0.4, -0.2) is 42.9 Å². The van der Waals surface area contributed by atoms with Crippen molar-refractivity contribution in [3.8, 4) is 6.07 Å². The van der Waals surface area contributed by atoms with Gasteiger partial charge in [-0.1, -0.05) is 0 Å². The highest BCUT2D eigenvalue weighted by molar-refractivity contribution is 5.80. The summed E-state index contributed by atoms with van der Waals surface area (Å²) in [5.41, 5.74) is 0.307. The molecule has 2 aliphatic rings. The van der Waals surface area contributed by atoms with Gasteiger partial charge >= 0.3 is 0 Å². The first-order valence-corrected chi connectivity index (χ1v) is 10.4. The van der Waals surface area contributed by atoms with Crippen molar-refractivity contribution in [3.05, 3.63) is 46.2 Å². The molecule has 0 radical (unpaired) electrons. The molecule has 0 spiro atoms. The molecule has 0 unspecified atom stereocenters. The van der Waals surface area contributed by atoms with E-state index < -0.39 is 0 Å². The number of ether oxygens (including phenoxy) is 1. The minimum absolute atomic E-state index is 0.0234. The molecular formula is C21H23N7O2. The zero-order chi connectivity index (χ0) is 20.7. The number of nitrogens with one attached hydrogen (secondary N) is 1. The van der Waals surface area contributed by atoms with E-state index >= 15 is 0 Å². The first-order valence-electron chi connectivity index (χ1n) is 10.4. The van der Waals surface area contributed by atoms with Crippen molar-refractivity contribution in [2.45, 2.75) is 50.5 Å². The van der Waals surface area contributed by atoms with E-state index in [1.807, 2.05) is 0 Å². The number of nitrogens with zero attached hydrogens (tertiary/aromatic N) is 6. The van der Waals surface area contributed by atoms with Crippen LogP contribution < -0.4 is 5.56 Å². The molecule has 1 saturated carbocycles. The minimum Gasteiger partial charge on any atom is -0.381 e. The van der Waals surface area contributed by atoms with Crippen LogP contribution in [0.15, 0.2) is 23.3 Å². The third-order valence-corrected chi connectivity index (χ3v) is 6.56. The summed E-state index contributed by atoms with van der Waals surface area (Å²) < 4.78 is 7.25. The van der Waals surface area contributed by atoms with E-state index in [1.54, 1.807) is 23.1 Å². The summed E-state index contributed by atoms with van der Waals surface area (Å²) in [7, 11) is 0. The largest absolute Gasteiger partial charge is 0.381 e. The molecule has 5 rings (SSSR count). The Kier molecular flexibility index (Phi) is 4.79. The summed E-state index contributed by atoms with van der Waals surface area (Å²) in [6.45, 7) is 3.52. The van der Waals surface area contributed by atoms with Crippen LogP contribution in [0.1, 0.15) is 67.8 Å². The quantitative estimate of drug-likeness (QED) is 0.707. The van der Waals surface area contributed by atoms with Gasteiger partial charge in [0, 0.05) is 37.4 Å². The van der Waals surface area contributed by atoms with E-state index in [-0.39, 0.29) is 34.5 Å². The van der Waals surface area contributed by atoms with Crippen LogP contribution in [0.2, 0.25) is 0 Å². The molecule has 3 atom stereocenters. The topological polar surface area (TPSA) is 122 Å². The molecule has 3 aromatic rings. The summed E-state index contributed by atoms with van der Waals surface area (Å²) >= 11 is 0. The normalized spacial score (nSPS) is 23.1. The SMILES string of the molecule is C[C@@H](C1CCOCC1)n1nc(C#N)c2c(=O)[nH]c([C@H]3CC[C@@H]3c3ncccn3)nc21. The smallest absolute Gasteiger partial charge is 0.263 e. The van der Waals surface area contributed by atoms with Gasteiger partial charge < -0.3 is 9.72 Å². The summed E-state index contributed by atoms with van der Waals surface area (Å²) in [5, 5.41) is 14.3. The molecule has 1 N–H and O–H groups in total. The van der Waals surface area contributed by atoms with Crippen molar-refractivity contribution in [2.24, 2.45) is 5.92 Å². The Labute approximate surface area is 173 Å². The number of aromatic amines is 1. The number of rotatable bonds is 4. The van der Waals surface area contributed by atoms with Gasteiger partial charge in [-0.05, 0) is 44.6 Å².